The molecule has 0 unspecified atom stereocenters. The molecule has 5 heteroatoms. The molecule has 0 amide bonds. The van der Waals surface area contributed by atoms with E-state index in [0.717, 1.165) is 36.6 Å². The van der Waals surface area contributed by atoms with Crippen LogP contribution < -0.4 is 0 Å². The second-order valence-corrected chi connectivity index (χ2v) is 8.87. The number of aryl methyl sites for hydroxylation is 1. The van der Waals surface area contributed by atoms with Gasteiger partial charge in [-0.1, -0.05) is 12.1 Å². The molecule has 3 nitrogen and oxygen atoms in total. The van der Waals surface area contributed by atoms with Crippen LogP contribution >= 0.6 is 22.7 Å². The highest BCUT2D eigenvalue weighted by atomic mass is 32.1. The van der Waals surface area contributed by atoms with E-state index in [0.29, 0.717) is 5.92 Å². The molecule has 4 aromatic rings. The van der Waals surface area contributed by atoms with Gasteiger partial charge in [0.25, 0.3) is 0 Å². The van der Waals surface area contributed by atoms with E-state index < -0.39 is 0 Å². The number of thiazole rings is 1. The average Bonchev–Trinajstić information content (AvgIpc) is 3.28. The van der Waals surface area contributed by atoms with Crippen molar-refractivity contribution in [2.24, 2.45) is 0 Å². The maximum atomic E-state index is 5.52. The molecule has 0 N–H and O–H groups in total. The lowest BCUT2D eigenvalue weighted by Gasteiger charge is -2.20. The fourth-order valence-electron chi connectivity index (χ4n) is 3.52. The van der Waals surface area contributed by atoms with Gasteiger partial charge in [-0.05, 0) is 43.4 Å². The normalized spacial score (nSPS) is 16.0. The molecule has 126 valence electrons. The van der Waals surface area contributed by atoms with Gasteiger partial charge in [-0.2, -0.15) is 0 Å². The summed E-state index contributed by atoms with van der Waals surface area (Å²) >= 11 is 3.66. The van der Waals surface area contributed by atoms with E-state index in [4.69, 9.17) is 9.72 Å². The van der Waals surface area contributed by atoms with Crippen LogP contribution in [0.2, 0.25) is 0 Å². The Labute approximate surface area is 154 Å². The molecule has 3 aromatic heterocycles. The van der Waals surface area contributed by atoms with Gasteiger partial charge in [0, 0.05) is 41.3 Å². The summed E-state index contributed by atoms with van der Waals surface area (Å²) < 4.78 is 6.82. The van der Waals surface area contributed by atoms with Gasteiger partial charge < -0.3 is 4.74 Å². The minimum atomic E-state index is 0.621. The molecule has 1 aliphatic rings. The summed E-state index contributed by atoms with van der Waals surface area (Å²) in [6.07, 6.45) is 6.22. The van der Waals surface area contributed by atoms with Gasteiger partial charge in [-0.15, -0.1) is 22.7 Å². The molecule has 1 aliphatic heterocycles. The van der Waals surface area contributed by atoms with Crippen molar-refractivity contribution in [1.29, 1.82) is 0 Å². The number of ether oxygens (including phenoxy) is 1. The Balaban J connectivity index is 1.66. The van der Waals surface area contributed by atoms with Gasteiger partial charge in [0.1, 0.15) is 0 Å². The van der Waals surface area contributed by atoms with Crippen LogP contribution in [0.3, 0.4) is 0 Å². The van der Waals surface area contributed by atoms with Crippen LogP contribution in [0, 0.1) is 6.92 Å². The molecule has 1 saturated heterocycles. The van der Waals surface area contributed by atoms with E-state index in [-0.39, 0.29) is 0 Å². The molecule has 0 radical (unpaired) electrons. The summed E-state index contributed by atoms with van der Waals surface area (Å²) in [5, 5.41) is 3.61. The lowest BCUT2D eigenvalue weighted by Crippen LogP contribution is -2.12. The third-order valence-corrected chi connectivity index (χ3v) is 7.18. The summed E-state index contributed by atoms with van der Waals surface area (Å²) in [5.74, 6) is 0.621. The fraction of sp³-hybridized carbons (Fsp3) is 0.300. The monoisotopic (exact) mass is 366 g/mol. The first-order valence-corrected chi connectivity index (χ1v) is 10.2. The smallest absolute Gasteiger partial charge is 0.0900 e. The van der Waals surface area contributed by atoms with Crippen LogP contribution in [0.5, 0.6) is 0 Å². The van der Waals surface area contributed by atoms with Crippen molar-refractivity contribution in [3.05, 3.63) is 46.5 Å². The van der Waals surface area contributed by atoms with E-state index in [1.54, 1.807) is 11.3 Å². The highest BCUT2D eigenvalue weighted by Gasteiger charge is 2.19. The molecule has 5 rings (SSSR count). The summed E-state index contributed by atoms with van der Waals surface area (Å²) in [4.78, 5) is 11.8. The third kappa shape index (κ3) is 2.76. The van der Waals surface area contributed by atoms with Gasteiger partial charge >= 0.3 is 0 Å². The second-order valence-electron chi connectivity index (χ2n) is 6.55. The Morgan fingerprint density at radius 2 is 1.92 bits per heavy atom. The van der Waals surface area contributed by atoms with Crippen LogP contribution in [0.25, 0.3) is 31.4 Å². The van der Waals surface area contributed by atoms with E-state index in [9.17, 15) is 0 Å². The Hall–Kier alpha value is -1.82. The number of thiophene rings is 1. The van der Waals surface area contributed by atoms with Crippen molar-refractivity contribution in [3.63, 3.8) is 0 Å². The summed E-state index contributed by atoms with van der Waals surface area (Å²) in [6, 6.07) is 8.95. The number of benzene rings is 1. The average molecular weight is 367 g/mol. The Morgan fingerprint density at radius 1 is 1.04 bits per heavy atom. The number of aromatic nitrogens is 2. The molecule has 25 heavy (non-hydrogen) atoms. The lowest BCUT2D eigenvalue weighted by atomic mass is 9.98. The predicted octanol–water partition coefficient (Wildman–Crippen LogP) is 5.78. The molecule has 0 bridgehead atoms. The van der Waals surface area contributed by atoms with Crippen molar-refractivity contribution in [2.45, 2.75) is 25.7 Å². The van der Waals surface area contributed by atoms with Crippen LogP contribution in [-0.2, 0) is 4.74 Å². The number of fused-ring (bicyclic) bond motifs is 3. The van der Waals surface area contributed by atoms with E-state index in [1.165, 1.54) is 30.8 Å². The number of hydrogen-bond donors (Lipinski definition) is 0. The first-order valence-electron chi connectivity index (χ1n) is 8.61. The number of nitrogens with zero attached hydrogens (tertiary/aromatic N) is 2. The zero-order chi connectivity index (χ0) is 16.8. The maximum Gasteiger partial charge on any atom is 0.0900 e. The Bertz CT molecular complexity index is 1060. The molecular formula is C20H18N2OS2. The Morgan fingerprint density at radius 3 is 2.72 bits per heavy atom. The zero-order valence-electron chi connectivity index (χ0n) is 14.0. The van der Waals surface area contributed by atoms with Crippen molar-refractivity contribution in [2.75, 3.05) is 13.2 Å². The van der Waals surface area contributed by atoms with Crippen LogP contribution in [0.1, 0.15) is 28.6 Å². The SMILES string of the molecule is Cc1ncc(-c2ccc3cnc4cc(C5CCOCC5)sc4c3c2)s1. The summed E-state index contributed by atoms with van der Waals surface area (Å²) in [5.41, 5.74) is 2.36. The second kappa shape index (κ2) is 6.16. The van der Waals surface area contributed by atoms with Gasteiger partial charge in [0.05, 0.1) is 20.1 Å². The summed E-state index contributed by atoms with van der Waals surface area (Å²) in [7, 11) is 0. The van der Waals surface area contributed by atoms with Gasteiger partial charge in [-0.3, -0.25) is 4.98 Å². The quantitative estimate of drug-likeness (QED) is 0.451. The molecule has 1 fully saturated rings. The number of hydrogen-bond acceptors (Lipinski definition) is 5. The highest BCUT2D eigenvalue weighted by molar-refractivity contribution is 7.20. The van der Waals surface area contributed by atoms with Crippen LogP contribution in [0.15, 0.2) is 36.7 Å². The van der Waals surface area contributed by atoms with Gasteiger partial charge in [0.2, 0.25) is 0 Å². The molecular weight excluding hydrogens is 348 g/mol. The van der Waals surface area contributed by atoms with Crippen molar-refractivity contribution >= 4 is 43.7 Å². The van der Waals surface area contributed by atoms with E-state index in [1.807, 2.05) is 23.7 Å². The van der Waals surface area contributed by atoms with E-state index in [2.05, 4.69) is 36.2 Å². The molecule has 0 aliphatic carbocycles. The third-order valence-electron chi connectivity index (χ3n) is 4.90. The van der Waals surface area contributed by atoms with Crippen LogP contribution in [-0.4, -0.2) is 23.2 Å². The zero-order valence-corrected chi connectivity index (χ0v) is 15.6. The van der Waals surface area contributed by atoms with Crippen molar-refractivity contribution < 1.29 is 4.74 Å². The molecule has 1 aromatic carbocycles. The van der Waals surface area contributed by atoms with Gasteiger partial charge in [-0.25, -0.2) is 4.98 Å². The number of rotatable bonds is 2. The summed E-state index contributed by atoms with van der Waals surface area (Å²) in [6.45, 7) is 3.81. The topological polar surface area (TPSA) is 35.0 Å². The number of pyridine rings is 1. The molecule has 0 spiro atoms. The minimum Gasteiger partial charge on any atom is -0.381 e. The fourth-order valence-corrected chi connectivity index (χ4v) is 5.61. The van der Waals surface area contributed by atoms with Crippen LogP contribution in [0.4, 0.5) is 0 Å². The maximum absolute atomic E-state index is 5.52. The van der Waals surface area contributed by atoms with Crippen molar-refractivity contribution in [1.82, 2.24) is 9.97 Å². The molecule has 0 saturated carbocycles. The minimum absolute atomic E-state index is 0.621. The first kappa shape index (κ1) is 15.4. The standard InChI is InChI=1S/C20H18N2OS2/c1-12-21-11-19(24-12)14-2-3-15-10-22-17-9-18(13-4-6-23-7-5-13)25-20(17)16(15)8-14/h2-3,8-11,13H,4-7H2,1H3. The van der Waals surface area contributed by atoms with Crippen molar-refractivity contribution in [3.8, 4) is 10.4 Å². The first-order chi connectivity index (χ1) is 12.3. The predicted molar refractivity (Wildman–Crippen MR) is 106 cm³/mol. The highest BCUT2D eigenvalue weighted by Crippen LogP contribution is 2.39. The largest absolute Gasteiger partial charge is 0.381 e. The van der Waals surface area contributed by atoms with E-state index >= 15 is 0 Å². The Kier molecular flexibility index (Phi) is 3.81. The molecule has 4 heterocycles. The van der Waals surface area contributed by atoms with Gasteiger partial charge in [0.15, 0.2) is 0 Å². The molecule has 0 atom stereocenters. The lowest BCUT2D eigenvalue weighted by molar-refractivity contribution is 0.0860.